The SMILES string of the molecule is COc1ccc(-c2noc(CN(C)C(=O)[C@H](C)Oc3ccc4c(c3)CCCC4)n2)cc1. The lowest BCUT2D eigenvalue weighted by Gasteiger charge is -2.22. The van der Waals surface area contributed by atoms with Gasteiger partial charge in [0.1, 0.15) is 11.5 Å². The van der Waals surface area contributed by atoms with Crippen LogP contribution in [0.2, 0.25) is 0 Å². The van der Waals surface area contributed by atoms with Crippen LogP contribution < -0.4 is 9.47 Å². The van der Waals surface area contributed by atoms with E-state index < -0.39 is 6.10 Å². The van der Waals surface area contributed by atoms with E-state index in [1.807, 2.05) is 30.3 Å². The maximum Gasteiger partial charge on any atom is 0.263 e. The van der Waals surface area contributed by atoms with Crippen molar-refractivity contribution < 1.29 is 18.8 Å². The van der Waals surface area contributed by atoms with E-state index in [0.717, 1.165) is 29.9 Å². The molecule has 1 heterocycles. The van der Waals surface area contributed by atoms with E-state index in [-0.39, 0.29) is 12.5 Å². The van der Waals surface area contributed by atoms with Gasteiger partial charge in [-0.3, -0.25) is 4.79 Å². The molecule has 0 bridgehead atoms. The number of benzene rings is 2. The van der Waals surface area contributed by atoms with Crippen LogP contribution in [0.4, 0.5) is 0 Å². The van der Waals surface area contributed by atoms with Gasteiger partial charge in [0.2, 0.25) is 11.7 Å². The van der Waals surface area contributed by atoms with Crippen molar-refractivity contribution in [1.29, 1.82) is 0 Å². The molecule has 1 aromatic heterocycles. The first-order chi connectivity index (χ1) is 15.0. The molecule has 1 aliphatic rings. The number of aryl methyl sites for hydroxylation is 2. The molecule has 7 heteroatoms. The standard InChI is InChI=1S/C24H27N3O4/c1-16(30-21-13-8-17-6-4-5-7-19(17)14-21)24(28)27(2)15-22-25-23(26-31-22)18-9-11-20(29-3)12-10-18/h8-14,16H,4-7,15H2,1-3H3/t16-/m0/s1. The molecule has 0 radical (unpaired) electrons. The number of carbonyl (C=O) groups is 1. The molecule has 0 fully saturated rings. The van der Waals surface area contributed by atoms with Crippen LogP contribution in [0.3, 0.4) is 0 Å². The van der Waals surface area contributed by atoms with E-state index in [4.69, 9.17) is 14.0 Å². The lowest BCUT2D eigenvalue weighted by Crippen LogP contribution is -2.37. The van der Waals surface area contributed by atoms with Crippen molar-refractivity contribution in [1.82, 2.24) is 15.0 Å². The molecular formula is C24H27N3O4. The van der Waals surface area contributed by atoms with Gasteiger partial charge in [-0.05, 0) is 80.1 Å². The van der Waals surface area contributed by atoms with Gasteiger partial charge in [0, 0.05) is 12.6 Å². The summed E-state index contributed by atoms with van der Waals surface area (Å²) in [5, 5.41) is 4.01. The Morgan fingerprint density at radius 3 is 2.55 bits per heavy atom. The van der Waals surface area contributed by atoms with Crippen LogP contribution in [0, 0.1) is 0 Å². The summed E-state index contributed by atoms with van der Waals surface area (Å²) in [6.45, 7) is 1.97. The Balaban J connectivity index is 1.36. The molecule has 0 aliphatic heterocycles. The summed E-state index contributed by atoms with van der Waals surface area (Å²) >= 11 is 0. The van der Waals surface area contributed by atoms with Crippen molar-refractivity contribution in [2.45, 2.75) is 45.3 Å². The number of carbonyl (C=O) groups excluding carboxylic acids is 1. The number of ether oxygens (including phenoxy) is 2. The Bertz CT molecular complexity index is 1050. The third-order valence-corrected chi connectivity index (χ3v) is 5.55. The van der Waals surface area contributed by atoms with Crippen LogP contribution in [0.15, 0.2) is 47.0 Å². The maximum absolute atomic E-state index is 12.8. The molecule has 2 aromatic carbocycles. The molecule has 0 saturated carbocycles. The minimum Gasteiger partial charge on any atom is -0.497 e. The van der Waals surface area contributed by atoms with Crippen molar-refractivity contribution >= 4 is 5.91 Å². The minimum atomic E-state index is -0.615. The summed E-state index contributed by atoms with van der Waals surface area (Å²) in [7, 11) is 3.32. The average molecular weight is 421 g/mol. The number of hydrogen-bond acceptors (Lipinski definition) is 6. The van der Waals surface area contributed by atoms with E-state index in [2.05, 4.69) is 22.3 Å². The monoisotopic (exact) mass is 421 g/mol. The van der Waals surface area contributed by atoms with Gasteiger partial charge in [-0.2, -0.15) is 4.98 Å². The number of hydrogen-bond donors (Lipinski definition) is 0. The Morgan fingerprint density at radius 2 is 1.81 bits per heavy atom. The van der Waals surface area contributed by atoms with Crippen LogP contribution in [-0.4, -0.2) is 41.2 Å². The molecular weight excluding hydrogens is 394 g/mol. The van der Waals surface area contributed by atoms with Crippen molar-refractivity contribution in [3.8, 4) is 22.9 Å². The first-order valence-corrected chi connectivity index (χ1v) is 10.5. The molecule has 7 nitrogen and oxygen atoms in total. The highest BCUT2D eigenvalue weighted by Crippen LogP contribution is 2.26. The Labute approximate surface area is 182 Å². The van der Waals surface area contributed by atoms with E-state index in [9.17, 15) is 4.79 Å². The molecule has 0 saturated heterocycles. The zero-order chi connectivity index (χ0) is 21.8. The Hall–Kier alpha value is -3.35. The predicted molar refractivity (Wildman–Crippen MR) is 116 cm³/mol. The predicted octanol–water partition coefficient (Wildman–Crippen LogP) is 4.05. The second-order valence-electron chi connectivity index (χ2n) is 7.83. The highest BCUT2D eigenvalue weighted by atomic mass is 16.5. The van der Waals surface area contributed by atoms with E-state index in [0.29, 0.717) is 11.7 Å². The molecule has 1 aliphatic carbocycles. The number of fused-ring (bicyclic) bond motifs is 1. The van der Waals surface area contributed by atoms with Crippen LogP contribution in [0.5, 0.6) is 11.5 Å². The van der Waals surface area contributed by atoms with Gasteiger partial charge in [-0.25, -0.2) is 0 Å². The normalized spacial score (nSPS) is 13.9. The van der Waals surface area contributed by atoms with Crippen molar-refractivity contribution in [2.75, 3.05) is 14.2 Å². The number of likely N-dealkylation sites (N-methyl/N-ethyl adjacent to an activating group) is 1. The molecule has 1 amide bonds. The van der Waals surface area contributed by atoms with Gasteiger partial charge in [-0.1, -0.05) is 11.2 Å². The molecule has 0 N–H and O–H groups in total. The van der Waals surface area contributed by atoms with Crippen molar-refractivity contribution in [3.63, 3.8) is 0 Å². The summed E-state index contributed by atoms with van der Waals surface area (Å²) in [4.78, 5) is 18.7. The van der Waals surface area contributed by atoms with Crippen molar-refractivity contribution in [3.05, 3.63) is 59.5 Å². The molecule has 1 atom stereocenters. The highest BCUT2D eigenvalue weighted by molar-refractivity contribution is 5.80. The second-order valence-corrected chi connectivity index (χ2v) is 7.83. The third kappa shape index (κ3) is 4.87. The van der Waals surface area contributed by atoms with Crippen LogP contribution in [-0.2, 0) is 24.2 Å². The number of rotatable bonds is 7. The molecule has 0 unspecified atom stereocenters. The van der Waals surface area contributed by atoms with Crippen LogP contribution in [0.25, 0.3) is 11.4 Å². The van der Waals surface area contributed by atoms with Gasteiger partial charge in [-0.15, -0.1) is 0 Å². The lowest BCUT2D eigenvalue weighted by molar-refractivity contribution is -0.137. The summed E-state index contributed by atoms with van der Waals surface area (Å²) < 4.78 is 16.4. The third-order valence-electron chi connectivity index (χ3n) is 5.55. The lowest BCUT2D eigenvalue weighted by atomic mass is 9.92. The summed E-state index contributed by atoms with van der Waals surface area (Å²) in [6.07, 6.45) is 4.02. The topological polar surface area (TPSA) is 77.7 Å². The molecule has 31 heavy (non-hydrogen) atoms. The Kier molecular flexibility index (Phi) is 6.21. The quantitative estimate of drug-likeness (QED) is 0.573. The fourth-order valence-electron chi connectivity index (χ4n) is 3.81. The Morgan fingerprint density at radius 1 is 1.10 bits per heavy atom. The molecule has 162 valence electrons. The number of amides is 1. The number of nitrogens with zero attached hydrogens (tertiary/aromatic N) is 3. The summed E-state index contributed by atoms with van der Waals surface area (Å²) in [6, 6.07) is 13.5. The number of aromatic nitrogens is 2. The van der Waals surface area contributed by atoms with Crippen molar-refractivity contribution in [2.24, 2.45) is 0 Å². The number of methoxy groups -OCH3 is 1. The largest absolute Gasteiger partial charge is 0.497 e. The smallest absolute Gasteiger partial charge is 0.263 e. The van der Waals surface area contributed by atoms with Gasteiger partial charge in [0.25, 0.3) is 5.91 Å². The second kappa shape index (κ2) is 9.20. The summed E-state index contributed by atoms with van der Waals surface area (Å²) in [5.41, 5.74) is 3.53. The highest BCUT2D eigenvalue weighted by Gasteiger charge is 2.22. The first-order valence-electron chi connectivity index (χ1n) is 10.5. The van der Waals surface area contributed by atoms with Gasteiger partial charge >= 0.3 is 0 Å². The average Bonchev–Trinajstić information content (AvgIpc) is 3.26. The molecule has 3 aromatic rings. The fourth-order valence-corrected chi connectivity index (χ4v) is 3.81. The summed E-state index contributed by atoms with van der Waals surface area (Å²) in [5.74, 6) is 2.17. The van der Waals surface area contributed by atoms with E-state index >= 15 is 0 Å². The van der Waals surface area contributed by atoms with Gasteiger partial charge in [0.15, 0.2) is 6.10 Å². The fraction of sp³-hybridized carbons (Fsp3) is 0.375. The van der Waals surface area contributed by atoms with E-state index in [1.165, 1.54) is 28.9 Å². The van der Waals surface area contributed by atoms with Crippen LogP contribution >= 0.6 is 0 Å². The minimum absolute atomic E-state index is 0.151. The maximum atomic E-state index is 12.8. The first kappa shape index (κ1) is 20.9. The van der Waals surface area contributed by atoms with Gasteiger partial charge < -0.3 is 18.9 Å². The van der Waals surface area contributed by atoms with Crippen LogP contribution in [0.1, 0.15) is 36.8 Å². The van der Waals surface area contributed by atoms with Gasteiger partial charge in [0.05, 0.1) is 13.7 Å². The zero-order valence-corrected chi connectivity index (χ0v) is 18.1. The zero-order valence-electron chi connectivity index (χ0n) is 18.1. The molecule has 4 rings (SSSR count). The molecule has 0 spiro atoms. The van der Waals surface area contributed by atoms with E-state index in [1.54, 1.807) is 21.1 Å².